The molecule has 0 radical (unpaired) electrons. The topological polar surface area (TPSA) is 48.4 Å². The van der Waals surface area contributed by atoms with Gasteiger partial charge in [-0.25, -0.2) is 18.2 Å². The Kier molecular flexibility index (Phi) is 6.67. The largest absolute Gasteiger partial charge is 0.486 e. The molecular weight excluding hydrogens is 515 g/mol. The van der Waals surface area contributed by atoms with Crippen LogP contribution in [0.4, 0.5) is 13.2 Å². The minimum Gasteiger partial charge on any atom is -0.486 e. The third-order valence-corrected chi connectivity index (χ3v) is 9.62. The molecule has 0 unspecified atom stereocenters. The van der Waals surface area contributed by atoms with Gasteiger partial charge in [-0.05, 0) is 84.7 Å². The van der Waals surface area contributed by atoms with Gasteiger partial charge in [0.15, 0.2) is 11.6 Å². The summed E-state index contributed by atoms with van der Waals surface area (Å²) in [7, 11) is 1.45. The van der Waals surface area contributed by atoms with Crippen LogP contribution in [0.2, 0.25) is 0 Å². The fraction of sp³-hybridized carbons (Fsp3) is 0.455. The predicted molar refractivity (Wildman–Crippen MR) is 146 cm³/mol. The monoisotopic (exact) mass is 549 g/mol. The first kappa shape index (κ1) is 26.9. The van der Waals surface area contributed by atoms with Gasteiger partial charge in [-0.1, -0.05) is 26.3 Å². The minimum absolute atomic E-state index is 0.0589. The highest BCUT2D eigenvalue weighted by Gasteiger charge is 2.58. The molecule has 40 heavy (non-hydrogen) atoms. The lowest BCUT2D eigenvalue weighted by atomic mass is 9.75. The lowest BCUT2D eigenvalue weighted by Gasteiger charge is -2.30. The number of aldehydes is 1. The van der Waals surface area contributed by atoms with Gasteiger partial charge in [0.25, 0.3) is 0 Å². The first-order valence-electron chi connectivity index (χ1n) is 14.1. The standard InChI is InChI=1S/C33H34F3NO3/c1-32(2)10-5-7-25(32)23-12-20(26(34)13-22(23)24-14-29(39-3)37-16-27(24)35)18-40-28-9-8-19-6-4-11-33(15-21(33)17-38)30(19)31(28)36/h8-9,12-14,16-17,21,25H,4-7,10-11,15,18H2,1-3H3/t21-,25+,33+/m0/s1. The summed E-state index contributed by atoms with van der Waals surface area (Å²) in [5.74, 6) is -1.33. The van der Waals surface area contributed by atoms with Gasteiger partial charge in [-0.3, -0.25) is 0 Å². The molecule has 2 aromatic carbocycles. The Morgan fingerprint density at radius 2 is 1.88 bits per heavy atom. The van der Waals surface area contributed by atoms with E-state index in [0.29, 0.717) is 17.5 Å². The van der Waals surface area contributed by atoms with E-state index < -0.39 is 22.9 Å². The molecular formula is C33H34F3NO3. The molecule has 0 bridgehead atoms. The maximum atomic E-state index is 15.8. The van der Waals surface area contributed by atoms with Gasteiger partial charge in [0.05, 0.1) is 13.3 Å². The molecule has 1 aromatic heterocycles. The summed E-state index contributed by atoms with van der Waals surface area (Å²) in [6.45, 7) is 4.19. The molecule has 6 rings (SSSR count). The average Bonchev–Trinajstić information content (AvgIpc) is 3.51. The van der Waals surface area contributed by atoms with Crippen molar-refractivity contribution in [1.82, 2.24) is 4.98 Å². The van der Waals surface area contributed by atoms with Crippen molar-refractivity contribution in [2.45, 2.75) is 76.7 Å². The number of aryl methyl sites for hydroxylation is 1. The summed E-state index contributed by atoms with van der Waals surface area (Å²) < 4.78 is 57.6. The average molecular weight is 550 g/mol. The first-order chi connectivity index (χ1) is 19.2. The number of pyridine rings is 1. The normalized spacial score (nSPS) is 24.6. The molecule has 3 aromatic rings. The van der Waals surface area contributed by atoms with E-state index in [0.717, 1.165) is 62.1 Å². The smallest absolute Gasteiger partial charge is 0.213 e. The molecule has 7 heteroatoms. The summed E-state index contributed by atoms with van der Waals surface area (Å²) >= 11 is 0. The van der Waals surface area contributed by atoms with Crippen LogP contribution < -0.4 is 9.47 Å². The molecule has 4 nitrogen and oxygen atoms in total. The molecule has 1 spiro atoms. The van der Waals surface area contributed by atoms with Gasteiger partial charge in [0.1, 0.15) is 24.5 Å². The van der Waals surface area contributed by atoms with Crippen molar-refractivity contribution in [2.75, 3.05) is 7.11 Å². The van der Waals surface area contributed by atoms with Crippen molar-refractivity contribution in [2.24, 2.45) is 11.3 Å². The summed E-state index contributed by atoms with van der Waals surface area (Å²) in [5.41, 5.74) is 2.86. The highest BCUT2D eigenvalue weighted by atomic mass is 19.1. The van der Waals surface area contributed by atoms with Gasteiger partial charge in [-0.2, -0.15) is 0 Å². The van der Waals surface area contributed by atoms with Crippen LogP contribution in [0.5, 0.6) is 11.6 Å². The Bertz CT molecular complexity index is 1490. The van der Waals surface area contributed by atoms with Crippen LogP contribution >= 0.6 is 0 Å². The summed E-state index contributed by atoms with van der Waals surface area (Å²) in [5, 5.41) is 0. The number of ether oxygens (including phenoxy) is 2. The third-order valence-electron chi connectivity index (χ3n) is 9.62. The Morgan fingerprint density at radius 1 is 1.05 bits per heavy atom. The Hall–Kier alpha value is -3.35. The lowest BCUT2D eigenvalue weighted by molar-refractivity contribution is -0.109. The van der Waals surface area contributed by atoms with Crippen LogP contribution in [0.25, 0.3) is 11.1 Å². The second-order valence-electron chi connectivity index (χ2n) is 12.3. The Morgan fingerprint density at radius 3 is 2.58 bits per heavy atom. The van der Waals surface area contributed by atoms with Crippen molar-refractivity contribution in [3.63, 3.8) is 0 Å². The number of nitrogens with zero attached hydrogens (tertiary/aromatic N) is 1. The Labute approximate surface area is 232 Å². The van der Waals surface area contributed by atoms with Crippen LogP contribution in [0, 0.1) is 28.8 Å². The number of rotatable bonds is 7. The van der Waals surface area contributed by atoms with E-state index in [-0.39, 0.29) is 46.6 Å². The highest BCUT2D eigenvalue weighted by molar-refractivity contribution is 5.70. The molecule has 2 saturated carbocycles. The minimum atomic E-state index is -0.556. The number of hydrogen-bond donors (Lipinski definition) is 0. The molecule has 3 atom stereocenters. The van der Waals surface area contributed by atoms with E-state index >= 15 is 13.2 Å². The van der Waals surface area contributed by atoms with E-state index in [1.165, 1.54) is 19.2 Å². The Balaban J connectivity index is 1.37. The number of hydrogen-bond acceptors (Lipinski definition) is 4. The van der Waals surface area contributed by atoms with Crippen molar-refractivity contribution >= 4 is 6.29 Å². The number of carbonyl (C=O) groups is 1. The van der Waals surface area contributed by atoms with E-state index in [2.05, 4.69) is 18.8 Å². The number of halogens is 3. The first-order valence-corrected chi connectivity index (χ1v) is 14.1. The van der Waals surface area contributed by atoms with Gasteiger partial charge >= 0.3 is 0 Å². The molecule has 3 aliphatic rings. The summed E-state index contributed by atoms with van der Waals surface area (Å²) in [6.07, 6.45) is 8.10. The van der Waals surface area contributed by atoms with Crippen molar-refractivity contribution < 1.29 is 27.4 Å². The number of carbonyl (C=O) groups excluding carboxylic acids is 1. The molecule has 2 fully saturated rings. The van der Waals surface area contributed by atoms with E-state index in [1.807, 2.05) is 6.07 Å². The maximum absolute atomic E-state index is 15.8. The van der Waals surface area contributed by atoms with Crippen molar-refractivity contribution in [3.8, 4) is 22.8 Å². The van der Waals surface area contributed by atoms with Crippen LogP contribution in [-0.4, -0.2) is 18.4 Å². The molecule has 210 valence electrons. The van der Waals surface area contributed by atoms with Gasteiger partial charge in [0.2, 0.25) is 5.88 Å². The van der Waals surface area contributed by atoms with Gasteiger partial charge in [-0.15, -0.1) is 0 Å². The zero-order valence-electron chi connectivity index (χ0n) is 23.2. The van der Waals surface area contributed by atoms with Crippen LogP contribution in [0.15, 0.2) is 36.5 Å². The molecule has 0 N–H and O–H groups in total. The van der Waals surface area contributed by atoms with Crippen LogP contribution in [-0.2, 0) is 23.2 Å². The maximum Gasteiger partial charge on any atom is 0.213 e. The van der Waals surface area contributed by atoms with Crippen molar-refractivity contribution in [1.29, 1.82) is 0 Å². The highest BCUT2D eigenvalue weighted by Crippen LogP contribution is 2.60. The van der Waals surface area contributed by atoms with E-state index in [1.54, 1.807) is 12.1 Å². The summed E-state index contributed by atoms with van der Waals surface area (Å²) in [6, 6.07) is 8.10. The SMILES string of the molecule is COc1cc(-c2cc(F)c(COc3ccc4c(c3F)[C@]3(CCC4)C[C@H]3C=O)cc2[C@H]2CCCC2(C)C)c(F)cn1. The van der Waals surface area contributed by atoms with Gasteiger partial charge < -0.3 is 14.3 Å². The van der Waals surface area contributed by atoms with Crippen LogP contribution in [0.1, 0.15) is 80.5 Å². The van der Waals surface area contributed by atoms with Crippen molar-refractivity contribution in [3.05, 3.63) is 76.2 Å². The predicted octanol–water partition coefficient (Wildman–Crippen LogP) is 7.84. The molecule has 0 amide bonds. The zero-order valence-corrected chi connectivity index (χ0v) is 23.2. The molecule has 0 saturated heterocycles. The van der Waals surface area contributed by atoms with E-state index in [4.69, 9.17) is 9.47 Å². The number of aromatic nitrogens is 1. The fourth-order valence-electron chi connectivity index (χ4n) is 7.33. The van der Waals surface area contributed by atoms with Crippen LogP contribution in [0.3, 0.4) is 0 Å². The number of fused-ring (bicyclic) bond motifs is 2. The lowest BCUT2D eigenvalue weighted by Crippen LogP contribution is -2.21. The molecule has 0 aliphatic heterocycles. The second kappa shape index (κ2) is 9.93. The molecule has 3 aliphatic carbocycles. The number of methoxy groups -OCH3 is 1. The zero-order chi connectivity index (χ0) is 28.2. The van der Waals surface area contributed by atoms with E-state index in [9.17, 15) is 4.79 Å². The fourth-order valence-corrected chi connectivity index (χ4v) is 7.33. The summed E-state index contributed by atoms with van der Waals surface area (Å²) in [4.78, 5) is 15.5. The number of benzene rings is 2. The van der Waals surface area contributed by atoms with Gasteiger partial charge in [0, 0.05) is 34.1 Å². The quantitative estimate of drug-likeness (QED) is 0.282. The molecule has 1 heterocycles. The third kappa shape index (κ3) is 4.38. The second-order valence-corrected chi connectivity index (χ2v) is 12.3.